The third kappa shape index (κ3) is 2.43. The Morgan fingerprint density at radius 2 is 1.80 bits per heavy atom. The van der Waals surface area contributed by atoms with Gasteiger partial charge < -0.3 is 9.15 Å². The van der Waals surface area contributed by atoms with Crippen LogP contribution in [0.3, 0.4) is 0 Å². The minimum atomic E-state index is -0.286. The van der Waals surface area contributed by atoms with Gasteiger partial charge in [0, 0.05) is 6.42 Å². The van der Waals surface area contributed by atoms with Crippen molar-refractivity contribution in [2.24, 2.45) is 0 Å². The van der Waals surface area contributed by atoms with E-state index in [9.17, 15) is 4.79 Å². The topological polar surface area (TPSA) is 39.4 Å². The molecule has 3 rings (SSSR count). The molecule has 0 spiro atoms. The summed E-state index contributed by atoms with van der Waals surface area (Å²) in [5.74, 6) is 1.48. The van der Waals surface area contributed by atoms with E-state index in [1.54, 1.807) is 13.2 Å². The number of methoxy groups -OCH3 is 1. The normalized spacial score (nSPS) is 10.7. The second-order valence-electron chi connectivity index (χ2n) is 4.61. The number of benzene rings is 2. The van der Waals surface area contributed by atoms with Crippen LogP contribution in [0.2, 0.25) is 0 Å². The molecule has 20 heavy (non-hydrogen) atoms. The summed E-state index contributed by atoms with van der Waals surface area (Å²) in [6, 6.07) is 17.1. The molecule has 3 nitrogen and oxygen atoms in total. The van der Waals surface area contributed by atoms with Gasteiger partial charge in [0.2, 0.25) is 0 Å². The van der Waals surface area contributed by atoms with E-state index in [0.717, 1.165) is 16.7 Å². The van der Waals surface area contributed by atoms with Gasteiger partial charge in [0.15, 0.2) is 0 Å². The third-order valence-corrected chi connectivity index (χ3v) is 3.26. The van der Waals surface area contributed by atoms with Gasteiger partial charge >= 0.3 is 5.63 Å². The summed E-state index contributed by atoms with van der Waals surface area (Å²) < 4.78 is 10.5. The zero-order valence-electron chi connectivity index (χ0n) is 11.1. The molecule has 0 atom stereocenters. The number of ether oxygens (including phenoxy) is 1. The Labute approximate surface area is 116 Å². The van der Waals surface area contributed by atoms with Gasteiger partial charge in [-0.05, 0) is 35.2 Å². The van der Waals surface area contributed by atoms with Crippen molar-refractivity contribution in [2.75, 3.05) is 7.11 Å². The van der Waals surface area contributed by atoms with E-state index in [1.807, 2.05) is 48.5 Å². The molecule has 0 saturated carbocycles. The fourth-order valence-corrected chi connectivity index (χ4v) is 2.22. The fourth-order valence-electron chi connectivity index (χ4n) is 2.22. The Morgan fingerprint density at radius 3 is 2.55 bits per heavy atom. The molecule has 0 aliphatic carbocycles. The number of fused-ring (bicyclic) bond motifs is 1. The summed E-state index contributed by atoms with van der Waals surface area (Å²) in [5.41, 5.74) is 0.788. The van der Waals surface area contributed by atoms with Crippen molar-refractivity contribution >= 4 is 10.8 Å². The van der Waals surface area contributed by atoms with Crippen molar-refractivity contribution < 1.29 is 9.15 Å². The third-order valence-electron chi connectivity index (χ3n) is 3.26. The maximum Gasteiger partial charge on any atom is 0.343 e. The second-order valence-corrected chi connectivity index (χ2v) is 4.61. The van der Waals surface area contributed by atoms with Crippen LogP contribution in [-0.2, 0) is 6.42 Å². The first kappa shape index (κ1) is 12.5. The lowest BCUT2D eigenvalue weighted by Gasteiger charge is -2.04. The molecule has 1 aromatic heterocycles. The predicted octanol–water partition coefficient (Wildman–Crippen LogP) is 3.39. The quantitative estimate of drug-likeness (QED) is 0.729. The van der Waals surface area contributed by atoms with Gasteiger partial charge in [0.05, 0.1) is 12.5 Å². The minimum absolute atomic E-state index is 0.286. The van der Waals surface area contributed by atoms with Crippen molar-refractivity contribution in [1.29, 1.82) is 0 Å². The van der Waals surface area contributed by atoms with E-state index in [2.05, 4.69) is 0 Å². The van der Waals surface area contributed by atoms with Crippen LogP contribution in [0.25, 0.3) is 10.8 Å². The molecule has 0 aliphatic heterocycles. The van der Waals surface area contributed by atoms with Crippen molar-refractivity contribution in [3.05, 3.63) is 76.3 Å². The molecule has 0 N–H and O–H groups in total. The predicted molar refractivity (Wildman–Crippen MR) is 78.3 cm³/mol. The highest BCUT2D eigenvalue weighted by Crippen LogP contribution is 2.17. The lowest BCUT2D eigenvalue weighted by atomic mass is 10.1. The Balaban J connectivity index is 1.96. The molecule has 3 aromatic rings. The lowest BCUT2D eigenvalue weighted by molar-refractivity contribution is 0.414. The van der Waals surface area contributed by atoms with Gasteiger partial charge in [-0.1, -0.05) is 30.3 Å². The van der Waals surface area contributed by atoms with E-state index in [0.29, 0.717) is 17.6 Å². The van der Waals surface area contributed by atoms with E-state index >= 15 is 0 Å². The van der Waals surface area contributed by atoms with Crippen LogP contribution in [0.15, 0.2) is 63.8 Å². The molecule has 100 valence electrons. The highest BCUT2D eigenvalue weighted by atomic mass is 16.5. The van der Waals surface area contributed by atoms with E-state index in [-0.39, 0.29) is 5.63 Å². The molecule has 0 aliphatic rings. The highest BCUT2D eigenvalue weighted by molar-refractivity contribution is 5.81. The summed E-state index contributed by atoms with van der Waals surface area (Å²) in [6.45, 7) is 0. The van der Waals surface area contributed by atoms with Crippen LogP contribution < -0.4 is 10.4 Å². The Kier molecular flexibility index (Phi) is 3.25. The van der Waals surface area contributed by atoms with E-state index < -0.39 is 0 Å². The van der Waals surface area contributed by atoms with Crippen molar-refractivity contribution in [3.63, 3.8) is 0 Å². The smallest absolute Gasteiger partial charge is 0.343 e. The van der Waals surface area contributed by atoms with Gasteiger partial charge in [0.1, 0.15) is 11.5 Å². The second kappa shape index (κ2) is 5.21. The maximum atomic E-state index is 11.9. The molecular weight excluding hydrogens is 252 g/mol. The van der Waals surface area contributed by atoms with E-state index in [4.69, 9.17) is 9.15 Å². The van der Waals surface area contributed by atoms with Gasteiger partial charge in [0.25, 0.3) is 0 Å². The standard InChI is InChI=1S/C17H14O3/c1-19-14-8-6-12(7-9-14)10-15-11-13-4-2-3-5-16(13)17(18)20-15/h2-9,11H,10H2,1H3. The van der Waals surface area contributed by atoms with Gasteiger partial charge in [-0.2, -0.15) is 0 Å². The number of hydrogen-bond donors (Lipinski definition) is 0. The zero-order valence-corrected chi connectivity index (χ0v) is 11.1. The maximum absolute atomic E-state index is 11.9. The number of rotatable bonds is 3. The average Bonchev–Trinajstić information content (AvgIpc) is 2.48. The molecule has 2 aromatic carbocycles. The largest absolute Gasteiger partial charge is 0.497 e. The molecule has 0 amide bonds. The van der Waals surface area contributed by atoms with Crippen molar-refractivity contribution in [1.82, 2.24) is 0 Å². The molecular formula is C17H14O3. The lowest BCUT2D eigenvalue weighted by Crippen LogP contribution is -2.02. The van der Waals surface area contributed by atoms with E-state index in [1.165, 1.54) is 0 Å². The summed E-state index contributed by atoms with van der Waals surface area (Å²) in [5, 5.41) is 1.53. The molecule has 3 heteroatoms. The molecule has 0 unspecified atom stereocenters. The molecule has 0 radical (unpaired) electrons. The first-order valence-corrected chi connectivity index (χ1v) is 6.41. The zero-order chi connectivity index (χ0) is 13.9. The van der Waals surface area contributed by atoms with Gasteiger partial charge in [-0.3, -0.25) is 0 Å². The van der Waals surface area contributed by atoms with Crippen molar-refractivity contribution in [2.45, 2.75) is 6.42 Å². The van der Waals surface area contributed by atoms with Crippen LogP contribution >= 0.6 is 0 Å². The summed E-state index contributed by atoms with van der Waals surface area (Å²) >= 11 is 0. The van der Waals surface area contributed by atoms with Gasteiger partial charge in [-0.25, -0.2) is 4.79 Å². The van der Waals surface area contributed by atoms with Crippen LogP contribution in [-0.4, -0.2) is 7.11 Å². The molecule has 0 fully saturated rings. The molecule has 0 bridgehead atoms. The van der Waals surface area contributed by atoms with Crippen LogP contribution in [0, 0.1) is 0 Å². The van der Waals surface area contributed by atoms with Crippen molar-refractivity contribution in [3.8, 4) is 5.75 Å². The minimum Gasteiger partial charge on any atom is -0.497 e. The monoisotopic (exact) mass is 266 g/mol. The van der Waals surface area contributed by atoms with Crippen LogP contribution in [0.1, 0.15) is 11.3 Å². The summed E-state index contributed by atoms with van der Waals surface area (Å²) in [6.07, 6.45) is 0.587. The van der Waals surface area contributed by atoms with Crippen LogP contribution in [0.4, 0.5) is 0 Å². The first-order valence-electron chi connectivity index (χ1n) is 6.41. The summed E-state index contributed by atoms with van der Waals surface area (Å²) in [7, 11) is 1.64. The first-order chi connectivity index (χ1) is 9.76. The SMILES string of the molecule is COc1ccc(Cc2cc3ccccc3c(=O)o2)cc1. The Hall–Kier alpha value is -2.55. The Morgan fingerprint density at radius 1 is 1.05 bits per heavy atom. The fraction of sp³-hybridized carbons (Fsp3) is 0.118. The molecule has 1 heterocycles. The summed E-state index contributed by atoms with van der Waals surface area (Å²) in [4.78, 5) is 11.9. The van der Waals surface area contributed by atoms with Gasteiger partial charge in [-0.15, -0.1) is 0 Å². The number of hydrogen-bond acceptors (Lipinski definition) is 3. The Bertz CT molecular complexity index is 785. The average molecular weight is 266 g/mol. The highest BCUT2D eigenvalue weighted by Gasteiger charge is 2.05. The van der Waals surface area contributed by atoms with Crippen LogP contribution in [0.5, 0.6) is 5.75 Å². The molecule has 0 saturated heterocycles.